The highest BCUT2D eigenvalue weighted by Crippen LogP contribution is 2.13. The van der Waals surface area contributed by atoms with Crippen LogP contribution in [0.1, 0.15) is 5.56 Å². The molecular formula is C13H13IN2. The third-order valence-electron chi connectivity index (χ3n) is 2.35. The van der Waals surface area contributed by atoms with Crippen molar-refractivity contribution in [2.75, 3.05) is 5.01 Å². The molecule has 0 aliphatic heterocycles. The quantitative estimate of drug-likeness (QED) is 0.534. The zero-order valence-electron chi connectivity index (χ0n) is 8.81. The number of hydrogen-bond acceptors (Lipinski definition) is 2. The van der Waals surface area contributed by atoms with Crippen LogP contribution in [0.5, 0.6) is 0 Å². The Balaban J connectivity index is 2.08. The third kappa shape index (κ3) is 2.96. The van der Waals surface area contributed by atoms with Crippen LogP contribution < -0.4 is 10.9 Å². The smallest absolute Gasteiger partial charge is 0.0592 e. The van der Waals surface area contributed by atoms with Crippen LogP contribution in [-0.2, 0) is 6.54 Å². The van der Waals surface area contributed by atoms with Crippen molar-refractivity contribution in [2.24, 2.45) is 5.84 Å². The van der Waals surface area contributed by atoms with Crippen LogP contribution in [0.4, 0.5) is 5.69 Å². The van der Waals surface area contributed by atoms with Gasteiger partial charge in [0.15, 0.2) is 0 Å². The first-order valence-corrected chi connectivity index (χ1v) is 6.15. The minimum Gasteiger partial charge on any atom is -0.307 e. The van der Waals surface area contributed by atoms with E-state index in [0.29, 0.717) is 0 Å². The molecule has 0 saturated carbocycles. The summed E-state index contributed by atoms with van der Waals surface area (Å²) in [4.78, 5) is 0. The van der Waals surface area contributed by atoms with Gasteiger partial charge < -0.3 is 5.01 Å². The Morgan fingerprint density at radius 1 is 0.938 bits per heavy atom. The van der Waals surface area contributed by atoms with Gasteiger partial charge in [0.25, 0.3) is 0 Å². The summed E-state index contributed by atoms with van der Waals surface area (Å²) in [6, 6.07) is 18.4. The van der Waals surface area contributed by atoms with Gasteiger partial charge in [-0.1, -0.05) is 30.3 Å². The van der Waals surface area contributed by atoms with E-state index in [-0.39, 0.29) is 0 Å². The Labute approximate surface area is 109 Å². The normalized spacial score (nSPS) is 10.1. The van der Waals surface area contributed by atoms with E-state index >= 15 is 0 Å². The SMILES string of the molecule is NN(Cc1ccc(I)cc1)c1ccccc1. The summed E-state index contributed by atoms with van der Waals surface area (Å²) in [5.41, 5.74) is 2.24. The molecule has 0 heterocycles. The molecule has 2 nitrogen and oxygen atoms in total. The molecule has 2 rings (SSSR count). The summed E-state index contributed by atoms with van der Waals surface area (Å²) in [6.45, 7) is 0.723. The highest BCUT2D eigenvalue weighted by Gasteiger charge is 2.01. The Hall–Kier alpha value is -1.07. The van der Waals surface area contributed by atoms with Crippen LogP contribution in [0, 0.1) is 3.57 Å². The fraction of sp³-hybridized carbons (Fsp3) is 0.0769. The predicted octanol–water partition coefficient (Wildman–Crippen LogP) is 3.17. The second-order valence-corrected chi connectivity index (χ2v) is 4.84. The molecule has 2 aromatic rings. The second-order valence-electron chi connectivity index (χ2n) is 3.59. The lowest BCUT2D eigenvalue weighted by atomic mass is 10.2. The highest BCUT2D eigenvalue weighted by atomic mass is 127. The number of hydrogen-bond donors (Lipinski definition) is 1. The van der Waals surface area contributed by atoms with Gasteiger partial charge in [-0.05, 0) is 52.4 Å². The molecule has 0 spiro atoms. The van der Waals surface area contributed by atoms with Crippen LogP contribution in [0.15, 0.2) is 54.6 Å². The molecular weight excluding hydrogens is 311 g/mol. The average Bonchev–Trinajstić information content (AvgIpc) is 2.33. The van der Waals surface area contributed by atoms with Crippen LogP contribution in [0.25, 0.3) is 0 Å². The van der Waals surface area contributed by atoms with Gasteiger partial charge >= 0.3 is 0 Å². The number of benzene rings is 2. The molecule has 0 fully saturated rings. The van der Waals surface area contributed by atoms with Crippen LogP contribution in [0.2, 0.25) is 0 Å². The van der Waals surface area contributed by atoms with E-state index in [1.807, 2.05) is 30.3 Å². The second kappa shape index (κ2) is 5.32. The van der Waals surface area contributed by atoms with Crippen LogP contribution >= 0.6 is 22.6 Å². The van der Waals surface area contributed by atoms with E-state index in [0.717, 1.165) is 12.2 Å². The number of anilines is 1. The zero-order chi connectivity index (χ0) is 11.4. The van der Waals surface area contributed by atoms with E-state index in [4.69, 9.17) is 5.84 Å². The summed E-state index contributed by atoms with van der Waals surface area (Å²) in [6.07, 6.45) is 0. The molecule has 0 unspecified atom stereocenters. The van der Waals surface area contributed by atoms with E-state index < -0.39 is 0 Å². The molecule has 0 saturated heterocycles. The van der Waals surface area contributed by atoms with E-state index in [1.54, 1.807) is 5.01 Å². The number of nitrogens with two attached hydrogens (primary N) is 1. The van der Waals surface area contributed by atoms with E-state index in [2.05, 4.69) is 46.9 Å². The molecule has 0 aromatic heterocycles. The Bertz CT molecular complexity index is 439. The van der Waals surface area contributed by atoms with Crippen molar-refractivity contribution in [1.82, 2.24) is 0 Å². The van der Waals surface area contributed by atoms with E-state index in [1.165, 1.54) is 9.13 Å². The summed E-state index contributed by atoms with van der Waals surface area (Å²) >= 11 is 2.30. The first-order chi connectivity index (χ1) is 7.75. The number of para-hydroxylation sites is 1. The molecule has 2 N–H and O–H groups in total. The minimum absolute atomic E-state index is 0.723. The average molecular weight is 324 g/mol. The summed E-state index contributed by atoms with van der Waals surface area (Å²) in [5.74, 6) is 6.00. The first-order valence-electron chi connectivity index (χ1n) is 5.07. The monoisotopic (exact) mass is 324 g/mol. The Morgan fingerprint density at radius 3 is 2.19 bits per heavy atom. The summed E-state index contributed by atoms with van der Waals surface area (Å²) < 4.78 is 1.24. The van der Waals surface area contributed by atoms with Crippen molar-refractivity contribution < 1.29 is 0 Å². The van der Waals surface area contributed by atoms with Gasteiger partial charge in [-0.25, -0.2) is 5.84 Å². The van der Waals surface area contributed by atoms with Crippen LogP contribution in [-0.4, -0.2) is 0 Å². The number of halogens is 1. The van der Waals surface area contributed by atoms with Gasteiger partial charge in [0, 0.05) is 3.57 Å². The molecule has 82 valence electrons. The molecule has 0 amide bonds. The molecule has 16 heavy (non-hydrogen) atoms. The van der Waals surface area contributed by atoms with Crippen molar-refractivity contribution in [2.45, 2.75) is 6.54 Å². The third-order valence-corrected chi connectivity index (χ3v) is 3.07. The highest BCUT2D eigenvalue weighted by molar-refractivity contribution is 14.1. The predicted molar refractivity (Wildman–Crippen MR) is 76.0 cm³/mol. The maximum atomic E-state index is 6.00. The van der Waals surface area contributed by atoms with Crippen molar-refractivity contribution in [3.05, 3.63) is 63.7 Å². The van der Waals surface area contributed by atoms with Gasteiger partial charge in [-0.3, -0.25) is 0 Å². The van der Waals surface area contributed by atoms with Crippen molar-refractivity contribution in [1.29, 1.82) is 0 Å². The van der Waals surface area contributed by atoms with Gasteiger partial charge in [-0.15, -0.1) is 0 Å². The van der Waals surface area contributed by atoms with Gasteiger partial charge in [-0.2, -0.15) is 0 Å². The lowest BCUT2D eigenvalue weighted by Crippen LogP contribution is -2.29. The minimum atomic E-state index is 0.723. The van der Waals surface area contributed by atoms with Crippen LogP contribution in [0.3, 0.4) is 0 Å². The largest absolute Gasteiger partial charge is 0.307 e. The van der Waals surface area contributed by atoms with Gasteiger partial charge in [0.05, 0.1) is 12.2 Å². The van der Waals surface area contributed by atoms with Gasteiger partial charge in [0.1, 0.15) is 0 Å². The topological polar surface area (TPSA) is 29.3 Å². The first kappa shape index (κ1) is 11.4. The maximum Gasteiger partial charge on any atom is 0.0592 e. The van der Waals surface area contributed by atoms with Crippen molar-refractivity contribution >= 4 is 28.3 Å². The number of rotatable bonds is 3. The molecule has 0 bridgehead atoms. The maximum absolute atomic E-state index is 6.00. The zero-order valence-corrected chi connectivity index (χ0v) is 11.0. The lowest BCUT2D eigenvalue weighted by Gasteiger charge is -2.18. The summed E-state index contributed by atoms with van der Waals surface area (Å²) in [7, 11) is 0. The van der Waals surface area contributed by atoms with Crippen molar-refractivity contribution in [3.63, 3.8) is 0 Å². The molecule has 3 heteroatoms. The van der Waals surface area contributed by atoms with E-state index in [9.17, 15) is 0 Å². The molecule has 0 radical (unpaired) electrons. The fourth-order valence-corrected chi connectivity index (χ4v) is 1.86. The molecule has 0 atom stereocenters. The number of hydrazine groups is 1. The Kier molecular flexibility index (Phi) is 3.79. The van der Waals surface area contributed by atoms with Crippen molar-refractivity contribution in [3.8, 4) is 0 Å². The van der Waals surface area contributed by atoms with Gasteiger partial charge in [0.2, 0.25) is 0 Å². The fourth-order valence-electron chi connectivity index (χ4n) is 1.50. The standard InChI is InChI=1S/C13H13IN2/c14-12-8-6-11(7-9-12)10-16(15)13-4-2-1-3-5-13/h1-9H,10,15H2. The number of nitrogens with zero attached hydrogens (tertiary/aromatic N) is 1. The molecule has 0 aliphatic rings. The molecule has 2 aromatic carbocycles. The molecule has 0 aliphatic carbocycles. The Morgan fingerprint density at radius 2 is 1.56 bits per heavy atom. The summed E-state index contributed by atoms with van der Waals surface area (Å²) in [5, 5.41) is 1.75. The lowest BCUT2D eigenvalue weighted by molar-refractivity contribution is 0.853.